The van der Waals surface area contributed by atoms with Crippen molar-refractivity contribution >= 4 is 61.1 Å². The van der Waals surface area contributed by atoms with E-state index in [0.717, 1.165) is 38.7 Å². The Morgan fingerprint density at radius 3 is 2.07 bits per heavy atom. The van der Waals surface area contributed by atoms with Gasteiger partial charge in [0.1, 0.15) is 5.58 Å². The molecule has 0 saturated carbocycles. The van der Waals surface area contributed by atoms with Gasteiger partial charge in [-0.2, -0.15) is 0 Å². The molecule has 0 N–H and O–H groups in total. The molecule has 10 aromatic rings. The number of hydrogen-bond acceptors (Lipinski definition) is 3. The van der Waals surface area contributed by atoms with Crippen LogP contribution >= 0.6 is 0 Å². The topological polar surface area (TPSA) is 38.9 Å². The molecule has 56 heavy (non-hydrogen) atoms. The van der Waals surface area contributed by atoms with Gasteiger partial charge < -0.3 is 9.40 Å². The molecule has 273 valence electrons. The number of furan rings is 1. The van der Waals surface area contributed by atoms with E-state index in [4.69, 9.17) is 16.3 Å². The molecule has 0 spiro atoms. The summed E-state index contributed by atoms with van der Waals surface area (Å²) in [5.74, 6) is 7.19. The SMILES string of the molecule is [2H]c1c([2H])c([2H])c(-c2ccnc(-c3[c-]ccc4c3oc3cc(-c5ccccc5)ccc34)c2)c([2H])c1[2H].[CH3][Ge]([CH3])([CH3])[c]1ccc(-c2[c-]ccc3c2ccc2ccccc23)nc1.[Ir]. The van der Waals surface area contributed by atoms with Crippen LogP contribution in [0.2, 0.25) is 17.3 Å². The van der Waals surface area contributed by atoms with Gasteiger partial charge in [-0.05, 0) is 40.1 Å². The summed E-state index contributed by atoms with van der Waals surface area (Å²) >= 11 is -1.82. The van der Waals surface area contributed by atoms with Gasteiger partial charge >= 0.3 is 146 Å². The van der Waals surface area contributed by atoms with Gasteiger partial charge in [0, 0.05) is 31.7 Å². The van der Waals surface area contributed by atoms with E-state index in [1.807, 2.05) is 48.5 Å². The Bertz CT molecular complexity index is 3230. The number of aromatic nitrogens is 2. The Morgan fingerprint density at radius 1 is 0.554 bits per heavy atom. The number of hydrogen-bond donors (Lipinski definition) is 0. The first-order chi connectivity index (χ1) is 29.0. The first-order valence-corrected chi connectivity index (χ1v) is 25.6. The second-order valence-electron chi connectivity index (χ2n) is 14.5. The van der Waals surface area contributed by atoms with Crippen LogP contribution in [-0.2, 0) is 20.1 Å². The van der Waals surface area contributed by atoms with Crippen LogP contribution in [0, 0.1) is 12.1 Å². The molecule has 10 rings (SSSR count). The van der Waals surface area contributed by atoms with Gasteiger partial charge in [-0.3, -0.25) is 0 Å². The fourth-order valence-corrected chi connectivity index (χ4v) is 9.21. The number of benzene rings is 7. The molecule has 3 nitrogen and oxygen atoms in total. The Hall–Kier alpha value is -5.65. The summed E-state index contributed by atoms with van der Waals surface area (Å²) in [6, 6.07) is 49.8. The standard InChI is InChI=1S/C29H18NO.C22H20GeN.Ir/c1-3-8-20(9-4-1)22-14-15-24-25-12-7-13-26(29(25)31-28(24)19-22)27-18-23(16-17-30-27)21-10-5-2-6-11-21;1-23(2,3)17-12-14-22(24-15-17)21-10-6-9-19-18-8-5-4-7-16(18)11-13-20(19)21;/h1-12,14-19H;4-9,11-15H,1-3H3;/q2*-1;/i2D,5D,6D,10D,11D;;. The third-order valence-corrected chi connectivity index (χ3v) is 14.2. The summed E-state index contributed by atoms with van der Waals surface area (Å²) in [5.41, 5.74) is 7.40. The molecule has 0 amide bonds. The van der Waals surface area contributed by atoms with Crippen molar-refractivity contribution in [1.82, 2.24) is 9.97 Å². The van der Waals surface area contributed by atoms with Crippen molar-refractivity contribution in [2.75, 3.05) is 0 Å². The van der Waals surface area contributed by atoms with Gasteiger partial charge in [0.05, 0.1) is 12.4 Å². The van der Waals surface area contributed by atoms with E-state index in [1.54, 1.807) is 18.3 Å². The summed E-state index contributed by atoms with van der Waals surface area (Å²) in [6.45, 7) is 0. The first-order valence-electron chi connectivity index (χ1n) is 20.7. The quantitative estimate of drug-likeness (QED) is 0.0980. The Labute approximate surface area is 350 Å². The fraction of sp³-hybridized carbons (Fsp3) is 0.0588. The van der Waals surface area contributed by atoms with Crippen LogP contribution in [0.4, 0.5) is 0 Å². The zero-order chi connectivity index (χ0) is 41.7. The van der Waals surface area contributed by atoms with Crippen molar-refractivity contribution in [1.29, 1.82) is 0 Å². The van der Waals surface area contributed by atoms with Crippen LogP contribution < -0.4 is 4.40 Å². The number of pyridine rings is 2. The minimum absolute atomic E-state index is 0. The molecule has 3 heterocycles. The van der Waals surface area contributed by atoms with Crippen LogP contribution in [0.3, 0.4) is 0 Å². The van der Waals surface area contributed by atoms with Gasteiger partial charge in [-0.15, -0.1) is 18.2 Å². The molecule has 3 aromatic heterocycles. The van der Waals surface area contributed by atoms with Crippen molar-refractivity contribution in [3.8, 4) is 44.8 Å². The number of nitrogens with zero attached hydrogens (tertiary/aromatic N) is 2. The molecular formula is C51H38GeIrN2O-2. The van der Waals surface area contributed by atoms with E-state index in [9.17, 15) is 0 Å². The molecule has 0 aliphatic heterocycles. The summed E-state index contributed by atoms with van der Waals surface area (Å²) < 4.78 is 48.3. The van der Waals surface area contributed by atoms with E-state index in [1.165, 1.54) is 25.9 Å². The minimum Gasteiger partial charge on any atom is 0 e. The van der Waals surface area contributed by atoms with Crippen molar-refractivity contribution in [2.45, 2.75) is 17.3 Å². The fourth-order valence-electron chi connectivity index (χ4n) is 7.04. The molecule has 0 saturated heterocycles. The molecule has 1 radical (unpaired) electrons. The van der Waals surface area contributed by atoms with Crippen molar-refractivity contribution < 1.29 is 31.4 Å². The summed E-state index contributed by atoms with van der Waals surface area (Å²) in [4.78, 5) is 9.26. The van der Waals surface area contributed by atoms with E-state index in [-0.39, 0.29) is 49.8 Å². The van der Waals surface area contributed by atoms with Crippen LogP contribution in [0.5, 0.6) is 0 Å². The normalized spacial score (nSPS) is 12.6. The molecule has 7 aromatic carbocycles. The zero-order valence-electron chi connectivity index (χ0n) is 36.0. The summed E-state index contributed by atoms with van der Waals surface area (Å²) in [7, 11) is 0. The molecular weight excluding hydrogens is 921 g/mol. The van der Waals surface area contributed by atoms with Crippen molar-refractivity contribution in [2.24, 2.45) is 0 Å². The van der Waals surface area contributed by atoms with Crippen LogP contribution in [0.25, 0.3) is 88.3 Å². The van der Waals surface area contributed by atoms with E-state index in [0.29, 0.717) is 22.4 Å². The first kappa shape index (κ1) is 31.5. The van der Waals surface area contributed by atoms with Gasteiger partial charge in [-0.1, -0.05) is 89.7 Å². The maximum atomic E-state index is 8.32. The third kappa shape index (κ3) is 7.36. The largest absolute Gasteiger partial charge is 0 e. The maximum absolute atomic E-state index is 8.32. The molecule has 0 bridgehead atoms. The molecule has 0 aliphatic rings. The van der Waals surface area contributed by atoms with E-state index in [2.05, 4.69) is 113 Å². The van der Waals surface area contributed by atoms with Gasteiger partial charge in [0.25, 0.3) is 0 Å². The van der Waals surface area contributed by atoms with Crippen LogP contribution in [0.1, 0.15) is 6.85 Å². The third-order valence-electron chi connectivity index (χ3n) is 9.95. The second kappa shape index (κ2) is 15.8. The average molecular weight is 965 g/mol. The van der Waals surface area contributed by atoms with E-state index >= 15 is 0 Å². The van der Waals surface area contributed by atoms with Crippen molar-refractivity contribution in [3.05, 3.63) is 188 Å². The van der Waals surface area contributed by atoms with Gasteiger partial charge in [0.15, 0.2) is 0 Å². The Kier molecular flexibility index (Phi) is 8.92. The average Bonchev–Trinajstić information content (AvgIpc) is 3.66. The summed E-state index contributed by atoms with van der Waals surface area (Å²) in [6.07, 6.45) is 3.64. The molecule has 0 fully saturated rings. The molecule has 0 unspecified atom stereocenters. The van der Waals surface area contributed by atoms with Crippen LogP contribution in [0.15, 0.2) is 180 Å². The van der Waals surface area contributed by atoms with Crippen LogP contribution in [-0.4, -0.2) is 23.2 Å². The predicted molar refractivity (Wildman–Crippen MR) is 233 cm³/mol. The maximum Gasteiger partial charge on any atom is 0 e. The zero-order valence-corrected chi connectivity index (χ0v) is 35.5. The molecule has 0 aliphatic carbocycles. The van der Waals surface area contributed by atoms with Gasteiger partial charge in [-0.25, -0.2) is 0 Å². The van der Waals surface area contributed by atoms with E-state index < -0.39 is 19.3 Å². The summed E-state index contributed by atoms with van der Waals surface area (Å²) in [5, 5.41) is 6.93. The van der Waals surface area contributed by atoms with Gasteiger partial charge in [0.2, 0.25) is 0 Å². The second-order valence-corrected chi connectivity index (χ2v) is 25.1. The number of fused-ring (bicyclic) bond motifs is 6. The van der Waals surface area contributed by atoms with Crippen molar-refractivity contribution in [3.63, 3.8) is 0 Å². The predicted octanol–water partition coefficient (Wildman–Crippen LogP) is 13.2. The smallest absolute Gasteiger partial charge is 0 e. The minimum atomic E-state index is -1.82. The monoisotopic (exact) mass is 966 g/mol. The molecule has 0 atom stereocenters. The Balaban J connectivity index is 0.000000179. The number of rotatable bonds is 5. The molecule has 5 heteroatoms. The Morgan fingerprint density at radius 2 is 1.29 bits per heavy atom.